The van der Waals surface area contributed by atoms with E-state index in [1.165, 1.54) is 22.3 Å². The number of hydrogen-bond acceptors (Lipinski definition) is 2. The first-order valence-corrected chi connectivity index (χ1v) is 6.87. The second-order valence-corrected chi connectivity index (χ2v) is 5.74. The lowest BCUT2D eigenvalue weighted by molar-refractivity contribution is 0.0186. The molecular weight excluding hydrogens is 224 g/mol. The maximum absolute atomic E-state index is 10.7. The Kier molecular flexibility index (Phi) is 4.08. The van der Waals surface area contributed by atoms with Gasteiger partial charge in [-0.05, 0) is 56.7 Å². The highest BCUT2D eigenvalue weighted by Gasteiger charge is 2.29. The zero-order chi connectivity index (χ0) is 13.2. The Balaban J connectivity index is 2.22. The molecular formula is C16H24O2. The average Bonchev–Trinajstić information content (AvgIpc) is 2.49. The van der Waals surface area contributed by atoms with Gasteiger partial charge in [0.2, 0.25) is 0 Å². The van der Waals surface area contributed by atoms with Gasteiger partial charge in [-0.25, -0.2) is 0 Å². The number of hydrogen-bond donors (Lipinski definition) is 1. The third kappa shape index (κ3) is 3.12. The molecule has 1 aromatic carbocycles. The summed E-state index contributed by atoms with van der Waals surface area (Å²) in [5.74, 6) is 0. The quantitative estimate of drug-likeness (QED) is 0.871. The predicted octanol–water partition coefficient (Wildman–Crippen LogP) is 3.09. The first kappa shape index (κ1) is 13.6. The second kappa shape index (κ2) is 5.41. The van der Waals surface area contributed by atoms with Gasteiger partial charge < -0.3 is 9.84 Å². The van der Waals surface area contributed by atoms with E-state index in [0.29, 0.717) is 6.61 Å². The molecule has 0 aliphatic carbocycles. The highest BCUT2D eigenvalue weighted by Crippen LogP contribution is 2.29. The van der Waals surface area contributed by atoms with Crippen molar-refractivity contribution in [1.82, 2.24) is 0 Å². The van der Waals surface area contributed by atoms with Crippen LogP contribution in [0.2, 0.25) is 0 Å². The molecule has 1 unspecified atom stereocenters. The van der Waals surface area contributed by atoms with Crippen LogP contribution in [0, 0.1) is 20.8 Å². The Bertz CT molecular complexity index is 392. The van der Waals surface area contributed by atoms with E-state index in [4.69, 9.17) is 4.74 Å². The maximum atomic E-state index is 10.7. The van der Waals surface area contributed by atoms with Crippen molar-refractivity contribution in [2.45, 2.75) is 52.1 Å². The molecule has 1 atom stereocenters. The van der Waals surface area contributed by atoms with Crippen molar-refractivity contribution in [2.24, 2.45) is 0 Å². The molecule has 0 radical (unpaired) electrons. The molecule has 2 heteroatoms. The maximum Gasteiger partial charge on any atom is 0.0710 e. The monoisotopic (exact) mass is 248 g/mol. The molecule has 1 aliphatic rings. The van der Waals surface area contributed by atoms with Gasteiger partial charge in [0.25, 0.3) is 0 Å². The first-order valence-electron chi connectivity index (χ1n) is 6.87. The molecule has 1 heterocycles. The SMILES string of the molecule is Cc1cc(C)c(CC2(O)CCCOCC2)c(C)c1. The van der Waals surface area contributed by atoms with Crippen LogP contribution in [-0.4, -0.2) is 23.9 Å². The van der Waals surface area contributed by atoms with Crippen molar-refractivity contribution in [2.75, 3.05) is 13.2 Å². The first-order chi connectivity index (χ1) is 8.50. The fourth-order valence-electron chi connectivity index (χ4n) is 2.99. The fourth-order valence-corrected chi connectivity index (χ4v) is 2.99. The molecule has 1 aliphatic heterocycles. The van der Waals surface area contributed by atoms with E-state index in [0.717, 1.165) is 32.3 Å². The Morgan fingerprint density at radius 1 is 1.11 bits per heavy atom. The van der Waals surface area contributed by atoms with Gasteiger partial charge in [-0.1, -0.05) is 17.7 Å². The van der Waals surface area contributed by atoms with Crippen LogP contribution in [0.25, 0.3) is 0 Å². The zero-order valence-corrected chi connectivity index (χ0v) is 11.8. The molecule has 1 aromatic rings. The van der Waals surface area contributed by atoms with Crippen LogP contribution in [0.1, 0.15) is 41.5 Å². The molecule has 100 valence electrons. The van der Waals surface area contributed by atoms with E-state index in [9.17, 15) is 5.11 Å². The molecule has 18 heavy (non-hydrogen) atoms. The molecule has 1 N–H and O–H groups in total. The molecule has 0 amide bonds. The van der Waals surface area contributed by atoms with Gasteiger partial charge in [-0.3, -0.25) is 0 Å². The van der Waals surface area contributed by atoms with Gasteiger partial charge in [-0.15, -0.1) is 0 Å². The number of ether oxygens (including phenoxy) is 1. The van der Waals surface area contributed by atoms with Crippen LogP contribution in [0.5, 0.6) is 0 Å². The van der Waals surface area contributed by atoms with Crippen LogP contribution >= 0.6 is 0 Å². The van der Waals surface area contributed by atoms with E-state index in [-0.39, 0.29) is 0 Å². The van der Waals surface area contributed by atoms with Crippen LogP contribution in [-0.2, 0) is 11.2 Å². The molecule has 0 bridgehead atoms. The lowest BCUT2D eigenvalue weighted by Crippen LogP contribution is -2.32. The predicted molar refractivity (Wildman–Crippen MR) is 74.0 cm³/mol. The van der Waals surface area contributed by atoms with Gasteiger partial charge in [0.15, 0.2) is 0 Å². The Labute approximate surface area is 110 Å². The van der Waals surface area contributed by atoms with Crippen molar-refractivity contribution in [3.8, 4) is 0 Å². The standard InChI is InChI=1S/C16H24O2/c1-12-9-13(2)15(14(3)10-12)11-16(17)5-4-7-18-8-6-16/h9-10,17H,4-8,11H2,1-3H3. The second-order valence-electron chi connectivity index (χ2n) is 5.74. The van der Waals surface area contributed by atoms with Crippen molar-refractivity contribution in [1.29, 1.82) is 0 Å². The largest absolute Gasteiger partial charge is 0.389 e. The molecule has 1 saturated heterocycles. The number of aryl methyl sites for hydroxylation is 3. The van der Waals surface area contributed by atoms with E-state index < -0.39 is 5.60 Å². The number of aliphatic hydroxyl groups is 1. The Morgan fingerprint density at radius 3 is 2.44 bits per heavy atom. The van der Waals surface area contributed by atoms with E-state index in [1.54, 1.807) is 0 Å². The normalized spacial score (nSPS) is 24.9. The topological polar surface area (TPSA) is 29.5 Å². The van der Waals surface area contributed by atoms with Crippen molar-refractivity contribution >= 4 is 0 Å². The summed E-state index contributed by atoms with van der Waals surface area (Å²) < 4.78 is 5.45. The minimum atomic E-state index is -0.582. The van der Waals surface area contributed by atoms with Crippen molar-refractivity contribution < 1.29 is 9.84 Å². The number of benzene rings is 1. The van der Waals surface area contributed by atoms with Crippen LogP contribution in [0.4, 0.5) is 0 Å². The molecule has 0 spiro atoms. The van der Waals surface area contributed by atoms with E-state index >= 15 is 0 Å². The third-order valence-corrected chi connectivity index (χ3v) is 3.99. The van der Waals surface area contributed by atoms with Gasteiger partial charge in [0.05, 0.1) is 5.60 Å². The molecule has 1 fully saturated rings. The summed E-state index contributed by atoms with van der Waals surface area (Å²) in [7, 11) is 0. The lowest BCUT2D eigenvalue weighted by Gasteiger charge is -2.28. The summed E-state index contributed by atoms with van der Waals surface area (Å²) in [4.78, 5) is 0. The summed E-state index contributed by atoms with van der Waals surface area (Å²) in [5, 5.41) is 10.7. The fraction of sp³-hybridized carbons (Fsp3) is 0.625. The smallest absolute Gasteiger partial charge is 0.0710 e. The summed E-state index contributed by atoms with van der Waals surface area (Å²) in [6.45, 7) is 7.88. The van der Waals surface area contributed by atoms with Crippen molar-refractivity contribution in [3.05, 3.63) is 34.4 Å². The summed E-state index contributed by atoms with van der Waals surface area (Å²) in [6, 6.07) is 4.41. The average molecular weight is 248 g/mol. The molecule has 0 aromatic heterocycles. The van der Waals surface area contributed by atoms with Crippen molar-refractivity contribution in [3.63, 3.8) is 0 Å². The van der Waals surface area contributed by atoms with Gasteiger partial charge >= 0.3 is 0 Å². The summed E-state index contributed by atoms with van der Waals surface area (Å²) in [6.07, 6.45) is 3.31. The Morgan fingerprint density at radius 2 is 1.78 bits per heavy atom. The van der Waals surface area contributed by atoms with Crippen LogP contribution in [0.3, 0.4) is 0 Å². The van der Waals surface area contributed by atoms with E-state index in [1.807, 2.05) is 0 Å². The van der Waals surface area contributed by atoms with Crippen LogP contribution < -0.4 is 0 Å². The molecule has 0 saturated carbocycles. The minimum Gasteiger partial charge on any atom is -0.389 e. The minimum absolute atomic E-state index is 0.582. The number of rotatable bonds is 2. The lowest BCUT2D eigenvalue weighted by atomic mass is 9.84. The highest BCUT2D eigenvalue weighted by atomic mass is 16.5. The third-order valence-electron chi connectivity index (χ3n) is 3.99. The highest BCUT2D eigenvalue weighted by molar-refractivity contribution is 5.38. The zero-order valence-electron chi connectivity index (χ0n) is 11.8. The van der Waals surface area contributed by atoms with Gasteiger partial charge in [0, 0.05) is 19.6 Å². The Hall–Kier alpha value is -0.860. The van der Waals surface area contributed by atoms with Gasteiger partial charge in [0.1, 0.15) is 0 Å². The summed E-state index contributed by atoms with van der Waals surface area (Å²) in [5.41, 5.74) is 4.62. The van der Waals surface area contributed by atoms with Crippen LogP contribution in [0.15, 0.2) is 12.1 Å². The molecule has 2 nitrogen and oxygen atoms in total. The summed E-state index contributed by atoms with van der Waals surface area (Å²) >= 11 is 0. The van der Waals surface area contributed by atoms with Gasteiger partial charge in [-0.2, -0.15) is 0 Å². The molecule has 2 rings (SSSR count). The van der Waals surface area contributed by atoms with E-state index in [2.05, 4.69) is 32.9 Å².